The number of fused-ring (bicyclic) bond motifs is 1. The fraction of sp³-hybridized carbons (Fsp3) is 0.364. The second kappa shape index (κ2) is 3.68. The second-order valence-corrected chi connectivity index (χ2v) is 3.87. The van der Waals surface area contributed by atoms with Gasteiger partial charge in [0.05, 0.1) is 5.69 Å². The van der Waals surface area contributed by atoms with Gasteiger partial charge in [-0.1, -0.05) is 0 Å². The molecule has 2 heterocycles. The number of rotatable bonds is 1. The summed E-state index contributed by atoms with van der Waals surface area (Å²) in [5.74, 6) is 0.216. The van der Waals surface area contributed by atoms with Gasteiger partial charge in [-0.25, -0.2) is 4.98 Å². The summed E-state index contributed by atoms with van der Waals surface area (Å²) in [4.78, 5) is 6.17. The van der Waals surface area contributed by atoms with Crippen LogP contribution < -0.4 is 10.2 Å². The van der Waals surface area contributed by atoms with Gasteiger partial charge in [0, 0.05) is 26.2 Å². The maximum absolute atomic E-state index is 10.1. The molecule has 1 aliphatic rings. The molecule has 2 N–H and O–H groups in total. The third kappa shape index (κ3) is 1.40. The third-order valence-electron chi connectivity index (χ3n) is 2.91. The first-order valence-electron chi connectivity index (χ1n) is 5.37. The molecule has 5 heteroatoms. The first-order valence-corrected chi connectivity index (χ1v) is 5.37. The van der Waals surface area contributed by atoms with Gasteiger partial charge < -0.3 is 19.7 Å². The molecule has 5 nitrogen and oxygen atoms in total. The van der Waals surface area contributed by atoms with Crippen LogP contribution in [0.3, 0.4) is 0 Å². The third-order valence-corrected chi connectivity index (χ3v) is 2.91. The maximum atomic E-state index is 10.1. The van der Waals surface area contributed by atoms with Gasteiger partial charge in [0.2, 0.25) is 0 Å². The van der Waals surface area contributed by atoms with Crippen molar-refractivity contribution in [3.8, 4) is 5.75 Å². The predicted octanol–water partition coefficient (Wildman–Crippen LogP) is 0.943. The topological polar surface area (TPSA) is 61.5 Å². The van der Waals surface area contributed by atoms with Crippen LogP contribution in [0.5, 0.6) is 5.75 Å². The molecule has 16 heavy (non-hydrogen) atoms. The molecule has 0 amide bonds. The van der Waals surface area contributed by atoms with Crippen molar-refractivity contribution >= 4 is 16.8 Å². The number of aromatic hydroxyl groups is 1. The summed E-state index contributed by atoms with van der Waals surface area (Å²) in [5.41, 5.74) is 2.00. The van der Waals surface area contributed by atoms with Crippen LogP contribution >= 0.6 is 0 Å². The average molecular weight is 219 g/mol. The monoisotopic (exact) mass is 219 g/mol. The summed E-state index contributed by atoms with van der Waals surface area (Å²) >= 11 is 0. The van der Waals surface area contributed by atoms with E-state index in [1.54, 1.807) is 0 Å². The van der Waals surface area contributed by atoms with Crippen LogP contribution in [0.4, 0.5) is 5.69 Å². The molecule has 0 radical (unpaired) electrons. The van der Waals surface area contributed by atoms with Gasteiger partial charge in [-0.2, -0.15) is 0 Å². The average Bonchev–Trinajstić information content (AvgIpc) is 2.80. The number of aromatic nitrogens is 1. The lowest BCUT2D eigenvalue weighted by Gasteiger charge is -2.29. The van der Waals surface area contributed by atoms with Crippen molar-refractivity contribution in [1.82, 2.24) is 10.3 Å². The summed E-state index contributed by atoms with van der Waals surface area (Å²) in [6.07, 6.45) is 1.35. The molecule has 2 aromatic rings. The summed E-state index contributed by atoms with van der Waals surface area (Å²) in [6, 6.07) is 3.73. The normalized spacial score (nSPS) is 16.9. The molecule has 0 bridgehead atoms. The number of hydrogen-bond donors (Lipinski definition) is 2. The van der Waals surface area contributed by atoms with E-state index >= 15 is 0 Å². The second-order valence-electron chi connectivity index (χ2n) is 3.87. The summed E-state index contributed by atoms with van der Waals surface area (Å²) in [7, 11) is 0. The van der Waals surface area contributed by atoms with E-state index in [0.29, 0.717) is 11.1 Å². The Morgan fingerprint density at radius 3 is 2.94 bits per heavy atom. The van der Waals surface area contributed by atoms with Gasteiger partial charge in [0.15, 0.2) is 23.2 Å². The summed E-state index contributed by atoms with van der Waals surface area (Å²) < 4.78 is 5.14. The van der Waals surface area contributed by atoms with E-state index in [0.717, 1.165) is 31.9 Å². The van der Waals surface area contributed by atoms with Crippen molar-refractivity contribution in [2.24, 2.45) is 0 Å². The van der Waals surface area contributed by atoms with Crippen LogP contribution in [0.15, 0.2) is 22.9 Å². The minimum Gasteiger partial charge on any atom is -0.504 e. The van der Waals surface area contributed by atoms with E-state index in [1.165, 1.54) is 6.39 Å². The molecule has 0 saturated carbocycles. The molecule has 0 aliphatic carbocycles. The van der Waals surface area contributed by atoms with E-state index in [-0.39, 0.29) is 5.75 Å². The van der Waals surface area contributed by atoms with Crippen molar-refractivity contribution in [3.05, 3.63) is 18.5 Å². The molecule has 1 fully saturated rings. The SMILES string of the molecule is Oc1c(N2CCNCC2)ccc2ocnc12. The molecular formula is C11H13N3O2. The Kier molecular flexibility index (Phi) is 2.18. The van der Waals surface area contributed by atoms with E-state index in [1.807, 2.05) is 12.1 Å². The lowest BCUT2D eigenvalue weighted by Crippen LogP contribution is -2.43. The van der Waals surface area contributed by atoms with Crippen LogP contribution in [0, 0.1) is 0 Å². The standard InChI is InChI=1S/C11H13N3O2/c15-11-8(14-5-3-12-4-6-14)1-2-9-10(11)13-7-16-9/h1-2,7,12,15H,3-6H2. The Hall–Kier alpha value is -1.75. The number of piperazine rings is 1. The van der Waals surface area contributed by atoms with E-state index in [4.69, 9.17) is 4.42 Å². The van der Waals surface area contributed by atoms with E-state index in [9.17, 15) is 5.11 Å². The Labute approximate surface area is 92.7 Å². The van der Waals surface area contributed by atoms with Crippen molar-refractivity contribution in [3.63, 3.8) is 0 Å². The Bertz CT molecular complexity index is 503. The molecule has 84 valence electrons. The van der Waals surface area contributed by atoms with E-state index < -0.39 is 0 Å². The Morgan fingerprint density at radius 1 is 1.31 bits per heavy atom. The van der Waals surface area contributed by atoms with Crippen molar-refractivity contribution in [2.75, 3.05) is 31.1 Å². The van der Waals surface area contributed by atoms with Gasteiger partial charge in [-0.15, -0.1) is 0 Å². The highest BCUT2D eigenvalue weighted by Crippen LogP contribution is 2.34. The van der Waals surface area contributed by atoms with E-state index in [2.05, 4.69) is 15.2 Å². The number of oxazole rings is 1. The molecule has 1 aromatic carbocycles. The zero-order valence-corrected chi connectivity index (χ0v) is 8.81. The number of benzene rings is 1. The molecule has 1 aromatic heterocycles. The quantitative estimate of drug-likeness (QED) is 0.747. The number of hydrogen-bond acceptors (Lipinski definition) is 5. The highest BCUT2D eigenvalue weighted by Gasteiger charge is 2.17. The number of nitrogens with zero attached hydrogens (tertiary/aromatic N) is 2. The van der Waals surface area contributed by atoms with Gasteiger partial charge >= 0.3 is 0 Å². The molecule has 1 aliphatic heterocycles. The van der Waals surface area contributed by atoms with Crippen LogP contribution in [0.1, 0.15) is 0 Å². The fourth-order valence-electron chi connectivity index (χ4n) is 2.07. The highest BCUT2D eigenvalue weighted by molar-refractivity contribution is 5.86. The van der Waals surface area contributed by atoms with Crippen LogP contribution in [-0.4, -0.2) is 36.3 Å². The predicted molar refractivity (Wildman–Crippen MR) is 60.8 cm³/mol. The minimum atomic E-state index is 0.216. The van der Waals surface area contributed by atoms with Crippen LogP contribution in [-0.2, 0) is 0 Å². The van der Waals surface area contributed by atoms with Gasteiger partial charge in [-0.3, -0.25) is 0 Å². The molecule has 0 spiro atoms. The summed E-state index contributed by atoms with van der Waals surface area (Å²) in [6.45, 7) is 3.68. The fourth-order valence-corrected chi connectivity index (χ4v) is 2.07. The zero-order chi connectivity index (χ0) is 11.0. The summed E-state index contributed by atoms with van der Waals surface area (Å²) in [5, 5.41) is 13.4. The lowest BCUT2D eigenvalue weighted by atomic mass is 10.2. The zero-order valence-electron chi connectivity index (χ0n) is 8.81. The number of nitrogens with one attached hydrogen (secondary N) is 1. The van der Waals surface area contributed by atoms with Gasteiger partial charge in [0.1, 0.15) is 0 Å². The van der Waals surface area contributed by atoms with Gasteiger partial charge in [-0.05, 0) is 12.1 Å². The van der Waals surface area contributed by atoms with Crippen molar-refractivity contribution in [2.45, 2.75) is 0 Å². The smallest absolute Gasteiger partial charge is 0.182 e. The number of phenols is 1. The molecule has 1 saturated heterocycles. The Morgan fingerprint density at radius 2 is 2.12 bits per heavy atom. The van der Waals surface area contributed by atoms with Crippen molar-refractivity contribution in [1.29, 1.82) is 0 Å². The molecular weight excluding hydrogens is 206 g/mol. The molecule has 3 rings (SSSR count). The van der Waals surface area contributed by atoms with Crippen LogP contribution in [0.25, 0.3) is 11.1 Å². The number of phenolic OH excluding ortho intramolecular Hbond substituents is 1. The number of anilines is 1. The lowest BCUT2D eigenvalue weighted by molar-refractivity contribution is 0.475. The Balaban J connectivity index is 2.05. The first kappa shape index (κ1) is 9.47. The first-order chi connectivity index (χ1) is 7.86. The molecule has 0 atom stereocenters. The maximum Gasteiger partial charge on any atom is 0.182 e. The highest BCUT2D eigenvalue weighted by atomic mass is 16.3. The minimum absolute atomic E-state index is 0.216. The van der Waals surface area contributed by atoms with Gasteiger partial charge in [0.25, 0.3) is 0 Å². The van der Waals surface area contributed by atoms with Crippen molar-refractivity contribution < 1.29 is 9.52 Å². The largest absolute Gasteiger partial charge is 0.504 e. The van der Waals surface area contributed by atoms with Crippen LogP contribution in [0.2, 0.25) is 0 Å². The molecule has 0 unspecified atom stereocenters.